The Balaban J connectivity index is 0. The first-order valence-corrected chi connectivity index (χ1v) is 7.98. The van der Waals surface area contributed by atoms with Gasteiger partial charge in [0.2, 0.25) is 0 Å². The molecule has 0 bridgehead atoms. The summed E-state index contributed by atoms with van der Waals surface area (Å²) in [7, 11) is 0. The monoisotopic (exact) mass is 300 g/mol. The molecule has 0 aromatic heterocycles. The molecular formula is C18H29LiO3. The van der Waals surface area contributed by atoms with E-state index in [1.807, 2.05) is 30.3 Å². The van der Waals surface area contributed by atoms with Crippen molar-refractivity contribution < 1.29 is 33.5 Å². The van der Waals surface area contributed by atoms with Gasteiger partial charge >= 0.3 is 24.8 Å². The molecule has 1 aromatic rings. The molecule has 0 fully saturated rings. The molecule has 0 aliphatic rings. The Hall–Kier alpha value is -0.753. The van der Waals surface area contributed by atoms with Crippen molar-refractivity contribution >= 4 is 5.97 Å². The number of unbranched alkanes of at least 4 members (excludes halogenated alkanes) is 7. The molecule has 0 aliphatic carbocycles. The van der Waals surface area contributed by atoms with Crippen molar-refractivity contribution in [3.63, 3.8) is 0 Å². The van der Waals surface area contributed by atoms with Gasteiger partial charge in [-0.15, -0.1) is 0 Å². The predicted octanol–water partition coefficient (Wildman–Crippen LogP) is 1.72. The molecule has 120 valence electrons. The molecule has 3 nitrogen and oxygen atoms in total. The van der Waals surface area contributed by atoms with Crippen LogP contribution >= 0.6 is 0 Å². The summed E-state index contributed by atoms with van der Waals surface area (Å²) in [5.41, 5.74) is 0. The summed E-state index contributed by atoms with van der Waals surface area (Å²) in [6.07, 6.45) is 10.0. The summed E-state index contributed by atoms with van der Waals surface area (Å²) in [5.74, 6) is -0.880. The van der Waals surface area contributed by atoms with Crippen molar-refractivity contribution in [3.8, 4) is 0 Å². The van der Waals surface area contributed by atoms with Crippen molar-refractivity contribution in [3.05, 3.63) is 36.4 Å². The SMILES string of the molecule is CCCCCCCCCCOCC(=O)O.[Li+].[c-]1ccccc1. The summed E-state index contributed by atoms with van der Waals surface area (Å²) >= 11 is 0. The van der Waals surface area contributed by atoms with Gasteiger partial charge in [0.15, 0.2) is 0 Å². The molecule has 0 spiro atoms. The Morgan fingerprint density at radius 2 is 1.50 bits per heavy atom. The van der Waals surface area contributed by atoms with Gasteiger partial charge in [-0.2, -0.15) is 36.4 Å². The van der Waals surface area contributed by atoms with Gasteiger partial charge in [-0.1, -0.05) is 51.9 Å². The first-order valence-electron chi connectivity index (χ1n) is 7.98. The van der Waals surface area contributed by atoms with Crippen molar-refractivity contribution in [1.29, 1.82) is 0 Å². The Labute approximate surface area is 147 Å². The summed E-state index contributed by atoms with van der Waals surface area (Å²) in [6, 6.07) is 12.5. The normalized spacial score (nSPS) is 9.32. The number of aliphatic carboxylic acids is 1. The number of hydrogen-bond acceptors (Lipinski definition) is 2. The fourth-order valence-corrected chi connectivity index (χ4v) is 1.84. The van der Waals surface area contributed by atoms with E-state index in [0.29, 0.717) is 6.61 Å². The molecule has 4 heteroatoms. The van der Waals surface area contributed by atoms with Crippen molar-refractivity contribution in [2.75, 3.05) is 13.2 Å². The van der Waals surface area contributed by atoms with Gasteiger partial charge in [0, 0.05) is 6.61 Å². The zero-order valence-electron chi connectivity index (χ0n) is 14.2. The van der Waals surface area contributed by atoms with Crippen LogP contribution in [0.1, 0.15) is 58.3 Å². The third-order valence-corrected chi connectivity index (χ3v) is 2.97. The molecule has 0 saturated heterocycles. The topological polar surface area (TPSA) is 46.5 Å². The van der Waals surface area contributed by atoms with Gasteiger partial charge in [-0.25, -0.2) is 4.79 Å². The van der Waals surface area contributed by atoms with Gasteiger partial charge in [0.25, 0.3) is 0 Å². The van der Waals surface area contributed by atoms with Crippen LogP contribution in [0.15, 0.2) is 30.3 Å². The van der Waals surface area contributed by atoms with Crippen LogP contribution in [-0.2, 0) is 9.53 Å². The minimum absolute atomic E-state index is 0. The second kappa shape index (κ2) is 20.2. The van der Waals surface area contributed by atoms with Crippen LogP contribution in [0.4, 0.5) is 0 Å². The maximum Gasteiger partial charge on any atom is 1.00 e. The molecule has 0 heterocycles. The third kappa shape index (κ3) is 21.5. The van der Waals surface area contributed by atoms with Crippen LogP contribution in [0.5, 0.6) is 0 Å². The van der Waals surface area contributed by atoms with E-state index in [9.17, 15) is 4.79 Å². The molecule has 0 unspecified atom stereocenters. The van der Waals surface area contributed by atoms with E-state index >= 15 is 0 Å². The van der Waals surface area contributed by atoms with E-state index in [2.05, 4.69) is 13.0 Å². The molecule has 22 heavy (non-hydrogen) atoms. The van der Waals surface area contributed by atoms with Crippen LogP contribution in [0.2, 0.25) is 0 Å². The van der Waals surface area contributed by atoms with Crippen molar-refractivity contribution in [2.24, 2.45) is 0 Å². The van der Waals surface area contributed by atoms with Crippen LogP contribution < -0.4 is 18.9 Å². The number of benzene rings is 1. The number of carboxylic acid groups (broad SMARTS) is 1. The Kier molecular flexibility index (Phi) is 21.6. The Bertz CT molecular complexity index is 291. The largest absolute Gasteiger partial charge is 1.00 e. The van der Waals surface area contributed by atoms with E-state index in [-0.39, 0.29) is 25.5 Å². The van der Waals surface area contributed by atoms with E-state index < -0.39 is 5.97 Å². The van der Waals surface area contributed by atoms with Gasteiger partial charge in [0.1, 0.15) is 6.61 Å². The van der Waals surface area contributed by atoms with Crippen molar-refractivity contribution in [1.82, 2.24) is 0 Å². The van der Waals surface area contributed by atoms with Gasteiger partial charge in [-0.05, 0) is 6.42 Å². The molecule has 0 saturated carbocycles. The quantitative estimate of drug-likeness (QED) is 0.384. The minimum atomic E-state index is -0.880. The number of hydrogen-bond donors (Lipinski definition) is 1. The first kappa shape index (κ1) is 23.5. The minimum Gasteiger partial charge on any atom is -0.480 e. The number of carboxylic acids is 1. The molecule has 0 radical (unpaired) electrons. The van der Waals surface area contributed by atoms with Crippen molar-refractivity contribution in [2.45, 2.75) is 58.3 Å². The standard InChI is InChI=1S/C12H24O3.C6H5.Li/c1-2-3-4-5-6-7-8-9-10-15-11-12(13)14;1-2-4-6-5-3-1;/h2-11H2,1H3,(H,13,14);1-5H;/q;-1;+1. The van der Waals surface area contributed by atoms with Gasteiger partial charge < -0.3 is 9.84 Å². The van der Waals surface area contributed by atoms with E-state index in [4.69, 9.17) is 9.84 Å². The predicted molar refractivity (Wildman–Crippen MR) is 86.3 cm³/mol. The third-order valence-electron chi connectivity index (χ3n) is 2.97. The fraction of sp³-hybridized carbons (Fsp3) is 0.611. The molecule has 0 amide bonds. The first-order chi connectivity index (χ1) is 10.3. The molecule has 1 N–H and O–H groups in total. The second-order valence-electron chi connectivity index (χ2n) is 5.00. The smallest absolute Gasteiger partial charge is 0.480 e. The molecular weight excluding hydrogens is 271 g/mol. The summed E-state index contributed by atoms with van der Waals surface area (Å²) in [4.78, 5) is 10.1. The number of carbonyl (C=O) groups is 1. The average Bonchev–Trinajstić information content (AvgIpc) is 2.51. The second-order valence-corrected chi connectivity index (χ2v) is 5.00. The van der Waals surface area contributed by atoms with Crippen LogP contribution in [0, 0.1) is 6.07 Å². The summed E-state index contributed by atoms with van der Waals surface area (Å²) in [6.45, 7) is 2.65. The summed E-state index contributed by atoms with van der Waals surface area (Å²) < 4.78 is 4.94. The Morgan fingerprint density at radius 3 is 1.91 bits per heavy atom. The van der Waals surface area contributed by atoms with Gasteiger partial charge in [0.05, 0.1) is 0 Å². The number of rotatable bonds is 11. The Morgan fingerprint density at radius 1 is 0.955 bits per heavy atom. The zero-order valence-corrected chi connectivity index (χ0v) is 14.2. The van der Waals surface area contributed by atoms with Crippen LogP contribution in [0.3, 0.4) is 0 Å². The average molecular weight is 300 g/mol. The molecule has 1 rings (SSSR count). The number of ether oxygens (including phenoxy) is 1. The summed E-state index contributed by atoms with van der Waals surface area (Å²) in [5, 5.41) is 8.31. The van der Waals surface area contributed by atoms with Crippen LogP contribution in [-0.4, -0.2) is 24.3 Å². The van der Waals surface area contributed by atoms with Crippen LogP contribution in [0.25, 0.3) is 0 Å². The maximum atomic E-state index is 10.1. The van der Waals surface area contributed by atoms with E-state index in [1.54, 1.807) is 0 Å². The van der Waals surface area contributed by atoms with E-state index in [1.165, 1.54) is 38.5 Å². The van der Waals surface area contributed by atoms with Gasteiger partial charge in [-0.3, -0.25) is 0 Å². The zero-order chi connectivity index (χ0) is 15.6. The molecule has 0 atom stereocenters. The van der Waals surface area contributed by atoms with E-state index in [0.717, 1.165) is 12.8 Å². The maximum absolute atomic E-state index is 10.1. The fourth-order valence-electron chi connectivity index (χ4n) is 1.84. The molecule has 0 aliphatic heterocycles. The molecule has 1 aromatic carbocycles.